The number of allylic oxidation sites excluding steroid dienone is 1. The maximum absolute atomic E-state index is 10.8. The predicted molar refractivity (Wildman–Crippen MR) is 96.2 cm³/mol. The van der Waals surface area contributed by atoms with Crippen LogP contribution in [0.25, 0.3) is 0 Å². The topological polar surface area (TPSA) is 35.5 Å². The van der Waals surface area contributed by atoms with E-state index in [-0.39, 0.29) is 11.1 Å². The Balaban J connectivity index is 2.47. The average molecular weight is 331 g/mol. The molecule has 124 valence electrons. The molecule has 0 amide bonds. The normalized spacial score (nSPS) is 18.8. The Morgan fingerprint density at radius 2 is 1.96 bits per heavy atom. The molecule has 1 atom stereocenters. The van der Waals surface area contributed by atoms with Crippen molar-refractivity contribution in [2.75, 3.05) is 6.61 Å². The lowest BCUT2D eigenvalue weighted by Gasteiger charge is -2.39. The molecular weight excluding hydrogens is 304 g/mol. The van der Waals surface area contributed by atoms with Crippen molar-refractivity contribution in [1.82, 2.24) is 0 Å². The van der Waals surface area contributed by atoms with Crippen LogP contribution in [0.1, 0.15) is 32.4 Å². The zero-order chi connectivity index (χ0) is 17.1. The molecule has 3 nitrogen and oxygen atoms in total. The van der Waals surface area contributed by atoms with Crippen molar-refractivity contribution < 1.29 is 14.0 Å². The number of ether oxygens (including phenoxy) is 1. The highest BCUT2D eigenvalue weighted by molar-refractivity contribution is 6.74. The summed E-state index contributed by atoms with van der Waals surface area (Å²) in [7, 11) is -1.98. The van der Waals surface area contributed by atoms with E-state index in [1.807, 2.05) is 36.4 Å². The monoisotopic (exact) mass is 330 g/mol. The fourth-order valence-corrected chi connectivity index (χ4v) is 3.46. The quantitative estimate of drug-likeness (QED) is 0.451. The van der Waals surface area contributed by atoms with Gasteiger partial charge in [-0.1, -0.05) is 45.0 Å². The SMILES string of the molecule is CC(C)(C)[Si](C)(C)OC1C(/C=C\C=O)=CCOc2ccccc21. The van der Waals surface area contributed by atoms with Gasteiger partial charge in [0.15, 0.2) is 8.32 Å². The second-order valence-corrected chi connectivity index (χ2v) is 12.1. The van der Waals surface area contributed by atoms with Crippen molar-refractivity contribution in [3.63, 3.8) is 0 Å². The fraction of sp³-hybridized carbons (Fsp3) is 0.421. The van der Waals surface area contributed by atoms with Gasteiger partial charge in [-0.25, -0.2) is 0 Å². The third-order valence-corrected chi connectivity index (χ3v) is 9.09. The summed E-state index contributed by atoms with van der Waals surface area (Å²) in [6.45, 7) is 11.6. The van der Waals surface area contributed by atoms with Gasteiger partial charge in [-0.15, -0.1) is 0 Å². The number of fused-ring (bicyclic) bond motifs is 1. The molecule has 0 radical (unpaired) electrons. The summed E-state index contributed by atoms with van der Waals surface area (Å²) in [5, 5.41) is 0.106. The van der Waals surface area contributed by atoms with Crippen LogP contribution in [0.3, 0.4) is 0 Å². The number of hydrogen-bond acceptors (Lipinski definition) is 3. The summed E-state index contributed by atoms with van der Waals surface area (Å²) in [5.41, 5.74) is 2.00. The van der Waals surface area contributed by atoms with Gasteiger partial charge in [0.2, 0.25) is 0 Å². The van der Waals surface area contributed by atoms with E-state index in [9.17, 15) is 4.79 Å². The highest BCUT2D eigenvalue weighted by atomic mass is 28.4. The van der Waals surface area contributed by atoms with E-state index < -0.39 is 8.32 Å². The second-order valence-electron chi connectivity index (χ2n) is 7.31. The number of benzene rings is 1. The molecule has 1 unspecified atom stereocenters. The van der Waals surface area contributed by atoms with Gasteiger partial charge < -0.3 is 9.16 Å². The minimum Gasteiger partial charge on any atom is -0.489 e. The molecule has 4 heteroatoms. The Bertz CT molecular complexity index is 624. The minimum absolute atomic E-state index is 0.106. The number of para-hydroxylation sites is 1. The fourth-order valence-electron chi connectivity index (χ4n) is 2.25. The van der Waals surface area contributed by atoms with Gasteiger partial charge in [-0.3, -0.25) is 4.79 Å². The Labute approximate surface area is 140 Å². The van der Waals surface area contributed by atoms with Crippen LogP contribution in [-0.4, -0.2) is 21.2 Å². The highest BCUT2D eigenvalue weighted by Gasteiger charge is 2.40. The summed E-state index contributed by atoms with van der Waals surface area (Å²) in [4.78, 5) is 10.8. The maximum atomic E-state index is 10.8. The minimum atomic E-state index is -1.98. The van der Waals surface area contributed by atoms with Crippen LogP contribution in [0.2, 0.25) is 18.1 Å². The summed E-state index contributed by atoms with van der Waals surface area (Å²) < 4.78 is 12.5. The van der Waals surface area contributed by atoms with Crippen LogP contribution < -0.4 is 4.74 Å². The predicted octanol–water partition coefficient (Wildman–Crippen LogP) is 4.82. The maximum Gasteiger partial charge on any atom is 0.193 e. The molecule has 0 saturated heterocycles. The first-order chi connectivity index (χ1) is 10.8. The summed E-state index contributed by atoms with van der Waals surface area (Å²) >= 11 is 0. The van der Waals surface area contributed by atoms with E-state index >= 15 is 0 Å². The Kier molecular flexibility index (Phi) is 5.27. The van der Waals surface area contributed by atoms with Crippen LogP contribution in [-0.2, 0) is 9.22 Å². The molecular formula is C19H26O3Si. The lowest BCUT2D eigenvalue weighted by atomic mass is 10.0. The number of carbonyl (C=O) groups excluding carboxylic acids is 1. The van der Waals surface area contributed by atoms with Crippen LogP contribution in [0, 0.1) is 0 Å². The van der Waals surface area contributed by atoms with Gasteiger partial charge in [0, 0.05) is 5.56 Å². The molecule has 1 aliphatic heterocycles. The smallest absolute Gasteiger partial charge is 0.193 e. The Morgan fingerprint density at radius 3 is 2.61 bits per heavy atom. The zero-order valence-electron chi connectivity index (χ0n) is 14.6. The van der Waals surface area contributed by atoms with E-state index in [2.05, 4.69) is 33.9 Å². The molecule has 23 heavy (non-hydrogen) atoms. The molecule has 0 saturated carbocycles. The van der Waals surface area contributed by atoms with Crippen molar-refractivity contribution in [2.45, 2.75) is 45.0 Å². The summed E-state index contributed by atoms with van der Waals surface area (Å²) in [6.07, 6.45) is 5.93. The molecule has 0 fully saturated rings. The first-order valence-corrected chi connectivity index (χ1v) is 10.9. The number of aldehydes is 1. The third kappa shape index (κ3) is 4.01. The van der Waals surface area contributed by atoms with E-state index in [4.69, 9.17) is 9.16 Å². The lowest BCUT2D eigenvalue weighted by Crippen LogP contribution is -2.42. The summed E-state index contributed by atoms with van der Waals surface area (Å²) in [6, 6.07) is 7.98. The molecule has 0 aliphatic carbocycles. The standard InChI is InChI=1S/C19H26O3Si/c1-19(2,3)23(4,5)22-18-15(9-8-13-20)12-14-21-17-11-7-6-10-16(17)18/h6-13,18H,14H2,1-5H3/b9-8-. The van der Waals surface area contributed by atoms with Crippen LogP contribution in [0.5, 0.6) is 5.75 Å². The molecule has 2 rings (SSSR count). The largest absolute Gasteiger partial charge is 0.489 e. The van der Waals surface area contributed by atoms with Crippen molar-refractivity contribution in [3.8, 4) is 5.75 Å². The van der Waals surface area contributed by atoms with E-state index in [1.165, 1.54) is 6.08 Å². The number of carbonyl (C=O) groups is 1. The molecule has 1 aromatic carbocycles. The number of rotatable bonds is 4. The zero-order valence-corrected chi connectivity index (χ0v) is 15.6. The van der Waals surface area contributed by atoms with Crippen molar-refractivity contribution >= 4 is 14.6 Å². The summed E-state index contributed by atoms with van der Waals surface area (Å²) in [5.74, 6) is 0.849. The Morgan fingerprint density at radius 1 is 1.26 bits per heavy atom. The van der Waals surface area contributed by atoms with Crippen LogP contribution in [0.4, 0.5) is 0 Å². The van der Waals surface area contributed by atoms with E-state index in [1.54, 1.807) is 0 Å². The van der Waals surface area contributed by atoms with Crippen LogP contribution >= 0.6 is 0 Å². The van der Waals surface area contributed by atoms with Crippen molar-refractivity contribution in [2.24, 2.45) is 0 Å². The van der Waals surface area contributed by atoms with Gasteiger partial charge in [0.1, 0.15) is 18.6 Å². The van der Waals surface area contributed by atoms with Gasteiger partial charge in [-0.05, 0) is 41.9 Å². The van der Waals surface area contributed by atoms with Gasteiger partial charge in [0.25, 0.3) is 0 Å². The van der Waals surface area contributed by atoms with Gasteiger partial charge in [0.05, 0.1) is 6.10 Å². The molecule has 1 aliphatic rings. The van der Waals surface area contributed by atoms with Crippen molar-refractivity contribution in [1.29, 1.82) is 0 Å². The molecule has 0 aromatic heterocycles. The molecule has 0 bridgehead atoms. The Hall–Kier alpha value is -1.65. The molecule has 0 spiro atoms. The van der Waals surface area contributed by atoms with Crippen molar-refractivity contribution in [3.05, 3.63) is 53.6 Å². The van der Waals surface area contributed by atoms with Gasteiger partial charge >= 0.3 is 0 Å². The second kappa shape index (κ2) is 6.85. The number of hydrogen-bond donors (Lipinski definition) is 0. The lowest BCUT2D eigenvalue weighted by molar-refractivity contribution is -0.104. The first kappa shape index (κ1) is 17.7. The van der Waals surface area contributed by atoms with E-state index in [0.29, 0.717) is 6.61 Å². The highest BCUT2D eigenvalue weighted by Crippen LogP contribution is 2.44. The van der Waals surface area contributed by atoms with Crippen LogP contribution in [0.15, 0.2) is 48.1 Å². The first-order valence-electron chi connectivity index (χ1n) is 7.98. The third-order valence-electron chi connectivity index (χ3n) is 4.65. The molecule has 1 aromatic rings. The molecule has 0 N–H and O–H groups in total. The molecule has 1 heterocycles. The van der Waals surface area contributed by atoms with E-state index in [0.717, 1.165) is 23.2 Å². The van der Waals surface area contributed by atoms with Gasteiger partial charge in [-0.2, -0.15) is 0 Å². The average Bonchev–Trinajstić information content (AvgIpc) is 2.64.